The van der Waals surface area contributed by atoms with Gasteiger partial charge in [0.25, 0.3) is 5.91 Å². The molecule has 7 heteroatoms. The molecule has 2 aliphatic rings. The van der Waals surface area contributed by atoms with Crippen molar-refractivity contribution in [1.82, 2.24) is 9.80 Å². The van der Waals surface area contributed by atoms with E-state index >= 15 is 0 Å². The Bertz CT molecular complexity index is 946. The molecule has 0 aromatic heterocycles. The van der Waals surface area contributed by atoms with Gasteiger partial charge in [0, 0.05) is 44.0 Å². The van der Waals surface area contributed by atoms with Crippen LogP contribution in [-0.4, -0.2) is 70.7 Å². The van der Waals surface area contributed by atoms with Gasteiger partial charge >= 0.3 is 0 Å². The number of rotatable bonds is 6. The van der Waals surface area contributed by atoms with E-state index in [-0.39, 0.29) is 5.91 Å². The van der Waals surface area contributed by atoms with Crippen molar-refractivity contribution in [2.24, 2.45) is 0 Å². The fourth-order valence-corrected chi connectivity index (χ4v) is 4.31. The van der Waals surface area contributed by atoms with Gasteiger partial charge in [-0.3, -0.25) is 14.5 Å². The van der Waals surface area contributed by atoms with E-state index in [2.05, 4.69) is 28.4 Å². The third kappa shape index (κ3) is 4.53. The molecule has 0 aliphatic carbocycles. The largest absolute Gasteiger partial charge is 0.390 e. The van der Waals surface area contributed by atoms with Crippen LogP contribution in [0.1, 0.15) is 27.0 Å². The Morgan fingerprint density at radius 3 is 2.60 bits per heavy atom. The van der Waals surface area contributed by atoms with E-state index in [1.807, 2.05) is 6.07 Å². The molecule has 7 nitrogen and oxygen atoms in total. The fourth-order valence-electron chi connectivity index (χ4n) is 4.31. The van der Waals surface area contributed by atoms with Gasteiger partial charge in [0.1, 0.15) is 6.61 Å². The third-order valence-corrected chi connectivity index (χ3v) is 5.81. The lowest BCUT2D eigenvalue weighted by Crippen LogP contribution is -2.46. The zero-order valence-electron chi connectivity index (χ0n) is 16.9. The standard InChI is InChI=1S/C23H27N3O4/c27-15-22(29)24-19-5-6-21-17(11-19)8-10-26(23(21)30)14-20(28)13-25-9-7-16-3-1-2-4-18(16)12-25/h1-6,11,20,27-28H,7-10,12-15H2,(H,24,29). The lowest BCUT2D eigenvalue weighted by molar-refractivity contribution is -0.118. The van der Waals surface area contributed by atoms with E-state index in [4.69, 9.17) is 5.11 Å². The van der Waals surface area contributed by atoms with Crippen molar-refractivity contribution in [1.29, 1.82) is 0 Å². The minimum Gasteiger partial charge on any atom is -0.390 e. The minimum atomic E-state index is -0.608. The van der Waals surface area contributed by atoms with Crippen LogP contribution < -0.4 is 5.32 Å². The summed E-state index contributed by atoms with van der Waals surface area (Å²) in [6.45, 7) is 2.53. The number of fused-ring (bicyclic) bond motifs is 2. The number of anilines is 1. The van der Waals surface area contributed by atoms with Gasteiger partial charge in [0.2, 0.25) is 5.91 Å². The fraction of sp³-hybridized carbons (Fsp3) is 0.391. The monoisotopic (exact) mass is 409 g/mol. The highest BCUT2D eigenvalue weighted by Gasteiger charge is 2.27. The summed E-state index contributed by atoms with van der Waals surface area (Å²) in [5.74, 6) is -0.582. The number of amides is 2. The molecule has 2 aliphatic heterocycles. The second kappa shape index (κ2) is 8.95. The number of nitrogens with one attached hydrogen (secondary N) is 1. The van der Waals surface area contributed by atoms with E-state index in [1.165, 1.54) is 11.1 Å². The highest BCUT2D eigenvalue weighted by atomic mass is 16.3. The van der Waals surface area contributed by atoms with Crippen LogP contribution in [0.4, 0.5) is 5.69 Å². The minimum absolute atomic E-state index is 0.0978. The summed E-state index contributed by atoms with van der Waals surface area (Å²) >= 11 is 0. The van der Waals surface area contributed by atoms with Crippen molar-refractivity contribution in [3.05, 3.63) is 64.7 Å². The molecule has 0 radical (unpaired) electrons. The summed E-state index contributed by atoms with van der Waals surface area (Å²) < 4.78 is 0. The highest BCUT2D eigenvalue weighted by Crippen LogP contribution is 2.23. The number of aliphatic hydroxyl groups excluding tert-OH is 2. The summed E-state index contributed by atoms with van der Waals surface area (Å²) in [6, 6.07) is 13.5. The first kappa shape index (κ1) is 20.5. The highest BCUT2D eigenvalue weighted by molar-refractivity contribution is 5.98. The van der Waals surface area contributed by atoms with Crippen LogP contribution in [0.15, 0.2) is 42.5 Å². The summed E-state index contributed by atoms with van der Waals surface area (Å²) in [6.07, 6.45) is 1.03. The maximum atomic E-state index is 12.9. The number of nitrogens with zero attached hydrogens (tertiary/aromatic N) is 2. The Hall–Kier alpha value is -2.74. The quantitative estimate of drug-likeness (QED) is 0.663. The van der Waals surface area contributed by atoms with Crippen LogP contribution in [0.25, 0.3) is 0 Å². The molecule has 0 spiro atoms. The number of hydrogen-bond donors (Lipinski definition) is 3. The second-order valence-corrected chi connectivity index (χ2v) is 7.99. The Labute approximate surface area is 175 Å². The first-order valence-electron chi connectivity index (χ1n) is 10.3. The SMILES string of the molecule is O=C(CO)Nc1ccc2c(c1)CCN(CC(O)CN1CCc3ccccc3C1)C2=O. The summed E-state index contributed by atoms with van der Waals surface area (Å²) in [5, 5.41) is 22.1. The normalized spacial score (nSPS) is 17.3. The van der Waals surface area contributed by atoms with E-state index < -0.39 is 18.6 Å². The zero-order valence-corrected chi connectivity index (χ0v) is 16.9. The molecule has 1 unspecified atom stereocenters. The van der Waals surface area contributed by atoms with Crippen LogP contribution in [0, 0.1) is 0 Å². The van der Waals surface area contributed by atoms with Crippen molar-refractivity contribution < 1.29 is 19.8 Å². The van der Waals surface area contributed by atoms with E-state index in [0.717, 1.165) is 25.1 Å². The van der Waals surface area contributed by atoms with Crippen LogP contribution in [0.2, 0.25) is 0 Å². The maximum Gasteiger partial charge on any atom is 0.254 e. The first-order valence-corrected chi connectivity index (χ1v) is 10.3. The van der Waals surface area contributed by atoms with Gasteiger partial charge in [0.05, 0.1) is 6.10 Å². The molecule has 2 aromatic carbocycles. The van der Waals surface area contributed by atoms with E-state index in [1.54, 1.807) is 23.1 Å². The molecule has 2 amide bonds. The average Bonchev–Trinajstić information content (AvgIpc) is 2.75. The van der Waals surface area contributed by atoms with Crippen molar-refractivity contribution in [3.63, 3.8) is 0 Å². The van der Waals surface area contributed by atoms with Crippen molar-refractivity contribution in [2.75, 3.05) is 38.1 Å². The van der Waals surface area contributed by atoms with Gasteiger partial charge in [0.15, 0.2) is 0 Å². The van der Waals surface area contributed by atoms with Crippen molar-refractivity contribution in [2.45, 2.75) is 25.5 Å². The van der Waals surface area contributed by atoms with Gasteiger partial charge in [-0.15, -0.1) is 0 Å². The molecular formula is C23H27N3O4. The number of hydrogen-bond acceptors (Lipinski definition) is 5. The Balaban J connectivity index is 1.35. The van der Waals surface area contributed by atoms with E-state index in [0.29, 0.717) is 37.3 Å². The Morgan fingerprint density at radius 2 is 1.80 bits per heavy atom. The zero-order chi connectivity index (χ0) is 21.1. The summed E-state index contributed by atoms with van der Waals surface area (Å²) in [5.41, 5.74) is 4.72. The molecule has 30 heavy (non-hydrogen) atoms. The van der Waals surface area contributed by atoms with Crippen molar-refractivity contribution >= 4 is 17.5 Å². The Morgan fingerprint density at radius 1 is 1.03 bits per heavy atom. The predicted octanol–water partition coefficient (Wildman–Crippen LogP) is 1.03. The van der Waals surface area contributed by atoms with Gasteiger partial charge < -0.3 is 20.4 Å². The van der Waals surface area contributed by atoms with Gasteiger partial charge in [-0.05, 0) is 47.7 Å². The first-order chi connectivity index (χ1) is 14.5. The Kier molecular flexibility index (Phi) is 6.13. The van der Waals surface area contributed by atoms with Crippen LogP contribution in [0.5, 0.6) is 0 Å². The molecule has 0 saturated carbocycles. The molecule has 158 valence electrons. The molecule has 1 atom stereocenters. The molecule has 0 saturated heterocycles. The summed E-state index contributed by atoms with van der Waals surface area (Å²) in [7, 11) is 0. The lowest BCUT2D eigenvalue weighted by atomic mass is 9.97. The molecule has 4 rings (SSSR count). The number of benzene rings is 2. The number of carbonyl (C=O) groups excluding carboxylic acids is 2. The summed E-state index contributed by atoms with van der Waals surface area (Å²) in [4.78, 5) is 28.2. The molecule has 0 fully saturated rings. The maximum absolute atomic E-state index is 12.9. The number of aliphatic hydroxyl groups is 2. The third-order valence-electron chi connectivity index (χ3n) is 5.81. The van der Waals surface area contributed by atoms with Crippen LogP contribution in [0.3, 0.4) is 0 Å². The van der Waals surface area contributed by atoms with Gasteiger partial charge in [-0.1, -0.05) is 24.3 Å². The van der Waals surface area contributed by atoms with Gasteiger partial charge in [-0.2, -0.15) is 0 Å². The number of carbonyl (C=O) groups is 2. The second-order valence-electron chi connectivity index (χ2n) is 7.99. The van der Waals surface area contributed by atoms with Crippen LogP contribution >= 0.6 is 0 Å². The molecule has 2 aromatic rings. The molecule has 2 heterocycles. The lowest BCUT2D eigenvalue weighted by Gasteiger charge is -2.34. The smallest absolute Gasteiger partial charge is 0.254 e. The molecular weight excluding hydrogens is 382 g/mol. The molecule has 0 bridgehead atoms. The van der Waals surface area contributed by atoms with Crippen molar-refractivity contribution in [3.8, 4) is 0 Å². The van der Waals surface area contributed by atoms with Crippen LogP contribution in [-0.2, 0) is 24.2 Å². The topological polar surface area (TPSA) is 93.1 Å². The number of β-amino-alcohol motifs (C(OH)–C–C–N with tert-alkyl or cyclic N) is 1. The molecule has 3 N–H and O–H groups in total. The van der Waals surface area contributed by atoms with Gasteiger partial charge in [-0.25, -0.2) is 0 Å². The van der Waals surface area contributed by atoms with E-state index in [9.17, 15) is 14.7 Å². The average molecular weight is 409 g/mol. The predicted molar refractivity (Wildman–Crippen MR) is 113 cm³/mol.